The summed E-state index contributed by atoms with van der Waals surface area (Å²) in [6.45, 7) is 1.87. The van der Waals surface area contributed by atoms with E-state index in [2.05, 4.69) is 36.8 Å². The average molecular weight is 391 g/mol. The smallest absolute Gasteiger partial charge is 0.358 e. The molecule has 2 aromatic rings. The number of methoxy groups -OCH3 is 1. The van der Waals surface area contributed by atoms with E-state index in [4.69, 9.17) is 4.74 Å². The first kappa shape index (κ1) is 13.7. The van der Waals surface area contributed by atoms with Gasteiger partial charge in [-0.2, -0.15) is 0 Å². The molecule has 0 spiro atoms. The van der Waals surface area contributed by atoms with E-state index in [0.29, 0.717) is 5.69 Å². The van der Waals surface area contributed by atoms with Crippen LogP contribution in [0.2, 0.25) is 0 Å². The standard InChI is InChI=1S/C12H9Br2NO2S/c1-6-15-10(12(16)17-2)11(18-6)7-3-4-8(13)9(14)5-7/h3-5H,1-2H3. The topological polar surface area (TPSA) is 39.2 Å². The number of hydrogen-bond donors (Lipinski definition) is 0. The second-order valence-corrected chi connectivity index (χ2v) is 6.44. The van der Waals surface area contributed by atoms with Gasteiger partial charge in [-0.25, -0.2) is 9.78 Å². The zero-order valence-corrected chi connectivity index (χ0v) is 13.6. The zero-order valence-electron chi connectivity index (χ0n) is 9.66. The first-order chi connectivity index (χ1) is 8.52. The molecule has 94 valence electrons. The maximum atomic E-state index is 11.7. The first-order valence-electron chi connectivity index (χ1n) is 5.04. The van der Waals surface area contributed by atoms with E-state index < -0.39 is 5.97 Å². The van der Waals surface area contributed by atoms with Crippen molar-refractivity contribution >= 4 is 49.2 Å². The van der Waals surface area contributed by atoms with Gasteiger partial charge in [0.1, 0.15) is 0 Å². The van der Waals surface area contributed by atoms with Gasteiger partial charge in [0.05, 0.1) is 17.0 Å². The number of aromatic nitrogens is 1. The van der Waals surface area contributed by atoms with Gasteiger partial charge in [0.25, 0.3) is 0 Å². The molecule has 0 aliphatic carbocycles. The van der Waals surface area contributed by atoms with Gasteiger partial charge >= 0.3 is 5.97 Å². The molecule has 0 aliphatic heterocycles. The number of thiazole rings is 1. The number of esters is 1. The summed E-state index contributed by atoms with van der Waals surface area (Å²) in [5.74, 6) is -0.409. The fourth-order valence-corrected chi connectivity index (χ4v) is 3.02. The van der Waals surface area contributed by atoms with Crippen molar-refractivity contribution in [2.75, 3.05) is 7.11 Å². The maximum Gasteiger partial charge on any atom is 0.358 e. The fourth-order valence-electron chi connectivity index (χ4n) is 1.50. The van der Waals surface area contributed by atoms with Crippen molar-refractivity contribution in [2.45, 2.75) is 6.92 Å². The molecule has 0 saturated carbocycles. The monoisotopic (exact) mass is 389 g/mol. The molecule has 6 heteroatoms. The van der Waals surface area contributed by atoms with Crippen LogP contribution in [0.5, 0.6) is 0 Å². The van der Waals surface area contributed by atoms with Crippen molar-refractivity contribution in [3.63, 3.8) is 0 Å². The SMILES string of the molecule is COC(=O)c1nc(C)sc1-c1ccc(Br)c(Br)c1. The Bertz CT molecular complexity index is 610. The lowest BCUT2D eigenvalue weighted by Gasteiger charge is -2.03. The third kappa shape index (κ3) is 2.65. The summed E-state index contributed by atoms with van der Waals surface area (Å²) in [5.41, 5.74) is 1.31. The van der Waals surface area contributed by atoms with E-state index in [1.807, 2.05) is 25.1 Å². The van der Waals surface area contributed by atoms with Crippen LogP contribution in [0.4, 0.5) is 0 Å². The number of benzene rings is 1. The van der Waals surface area contributed by atoms with Crippen LogP contribution in [-0.4, -0.2) is 18.1 Å². The van der Waals surface area contributed by atoms with E-state index >= 15 is 0 Å². The second-order valence-electron chi connectivity index (χ2n) is 3.53. The Morgan fingerprint density at radius 3 is 2.67 bits per heavy atom. The van der Waals surface area contributed by atoms with E-state index in [0.717, 1.165) is 24.4 Å². The highest BCUT2D eigenvalue weighted by atomic mass is 79.9. The molecule has 1 heterocycles. The third-order valence-electron chi connectivity index (χ3n) is 2.29. The number of hydrogen-bond acceptors (Lipinski definition) is 4. The summed E-state index contributed by atoms with van der Waals surface area (Å²) in [6, 6.07) is 5.81. The molecule has 0 aliphatic rings. The minimum atomic E-state index is -0.409. The fraction of sp³-hybridized carbons (Fsp3) is 0.167. The Hall–Kier alpha value is -0.720. The number of nitrogens with zero attached hydrogens (tertiary/aromatic N) is 1. The first-order valence-corrected chi connectivity index (χ1v) is 7.44. The quantitative estimate of drug-likeness (QED) is 0.712. The zero-order chi connectivity index (χ0) is 13.3. The van der Waals surface area contributed by atoms with Crippen LogP contribution < -0.4 is 0 Å². The molecule has 0 fully saturated rings. The molecule has 0 saturated heterocycles. The summed E-state index contributed by atoms with van der Waals surface area (Å²) >= 11 is 8.35. The van der Waals surface area contributed by atoms with E-state index in [-0.39, 0.29) is 0 Å². The maximum absolute atomic E-state index is 11.7. The second kappa shape index (κ2) is 5.50. The van der Waals surface area contributed by atoms with Crippen LogP contribution in [0.15, 0.2) is 27.1 Å². The number of halogens is 2. The van der Waals surface area contributed by atoms with Crippen LogP contribution in [0, 0.1) is 6.92 Å². The summed E-state index contributed by atoms with van der Waals surface area (Å²) in [5, 5.41) is 0.837. The molecular formula is C12H9Br2NO2S. The van der Waals surface area contributed by atoms with Gasteiger partial charge in [0.15, 0.2) is 5.69 Å². The van der Waals surface area contributed by atoms with Crippen molar-refractivity contribution in [2.24, 2.45) is 0 Å². The van der Waals surface area contributed by atoms with Gasteiger partial charge in [0, 0.05) is 8.95 Å². The molecule has 0 radical (unpaired) electrons. The van der Waals surface area contributed by atoms with Crippen molar-refractivity contribution in [1.29, 1.82) is 0 Å². The number of ether oxygens (including phenoxy) is 1. The van der Waals surface area contributed by atoms with Crippen LogP contribution in [0.25, 0.3) is 10.4 Å². The number of aryl methyl sites for hydroxylation is 1. The minimum Gasteiger partial charge on any atom is -0.464 e. The molecule has 0 amide bonds. The van der Waals surface area contributed by atoms with Crippen LogP contribution in [-0.2, 0) is 4.74 Å². The molecule has 0 N–H and O–H groups in total. The molecule has 0 unspecified atom stereocenters. The Kier molecular flexibility index (Phi) is 4.19. The molecule has 18 heavy (non-hydrogen) atoms. The van der Waals surface area contributed by atoms with Gasteiger partial charge in [0.2, 0.25) is 0 Å². The van der Waals surface area contributed by atoms with Crippen LogP contribution in [0.1, 0.15) is 15.5 Å². The van der Waals surface area contributed by atoms with Crippen molar-refractivity contribution in [3.05, 3.63) is 37.8 Å². The largest absolute Gasteiger partial charge is 0.464 e. The van der Waals surface area contributed by atoms with Gasteiger partial charge in [-0.05, 0) is 56.5 Å². The molecule has 0 bridgehead atoms. The lowest BCUT2D eigenvalue weighted by Crippen LogP contribution is -2.03. The van der Waals surface area contributed by atoms with Crippen molar-refractivity contribution < 1.29 is 9.53 Å². The molecule has 1 aromatic carbocycles. The van der Waals surface area contributed by atoms with E-state index in [1.165, 1.54) is 18.4 Å². The molecule has 1 aromatic heterocycles. The third-order valence-corrected chi connectivity index (χ3v) is 5.19. The van der Waals surface area contributed by atoms with E-state index in [9.17, 15) is 4.79 Å². The Balaban J connectivity index is 2.56. The predicted molar refractivity (Wildman–Crippen MR) is 79.0 cm³/mol. The van der Waals surface area contributed by atoms with Crippen LogP contribution in [0.3, 0.4) is 0 Å². The summed E-state index contributed by atoms with van der Waals surface area (Å²) < 4.78 is 6.65. The van der Waals surface area contributed by atoms with Gasteiger partial charge in [-0.3, -0.25) is 0 Å². The van der Waals surface area contributed by atoms with Gasteiger partial charge in [-0.1, -0.05) is 6.07 Å². The normalized spacial score (nSPS) is 10.4. The molecular weight excluding hydrogens is 382 g/mol. The molecule has 3 nitrogen and oxygen atoms in total. The summed E-state index contributed by atoms with van der Waals surface area (Å²) in [4.78, 5) is 16.7. The number of carbonyl (C=O) groups excluding carboxylic acids is 1. The number of carbonyl (C=O) groups is 1. The Morgan fingerprint density at radius 1 is 1.33 bits per heavy atom. The van der Waals surface area contributed by atoms with Crippen LogP contribution >= 0.6 is 43.2 Å². The van der Waals surface area contributed by atoms with Gasteiger partial charge < -0.3 is 4.74 Å². The average Bonchev–Trinajstić information content (AvgIpc) is 2.74. The molecule has 2 rings (SSSR count). The Morgan fingerprint density at radius 2 is 2.06 bits per heavy atom. The summed E-state index contributed by atoms with van der Waals surface area (Å²) in [6.07, 6.45) is 0. The van der Waals surface area contributed by atoms with Gasteiger partial charge in [-0.15, -0.1) is 11.3 Å². The number of rotatable bonds is 2. The Labute approximate surface area is 125 Å². The highest BCUT2D eigenvalue weighted by Gasteiger charge is 2.19. The lowest BCUT2D eigenvalue weighted by atomic mass is 10.1. The highest BCUT2D eigenvalue weighted by Crippen LogP contribution is 2.34. The molecule has 0 atom stereocenters. The lowest BCUT2D eigenvalue weighted by molar-refractivity contribution is 0.0595. The summed E-state index contributed by atoms with van der Waals surface area (Å²) in [7, 11) is 1.36. The van der Waals surface area contributed by atoms with Crippen molar-refractivity contribution in [3.8, 4) is 10.4 Å². The van der Waals surface area contributed by atoms with Crippen molar-refractivity contribution in [1.82, 2.24) is 4.98 Å². The minimum absolute atomic E-state index is 0.370. The van der Waals surface area contributed by atoms with E-state index in [1.54, 1.807) is 0 Å². The highest BCUT2D eigenvalue weighted by molar-refractivity contribution is 9.13. The predicted octanol–water partition coefficient (Wildman–Crippen LogP) is 4.43.